The number of carbonyl (C=O) groups is 1. The maximum absolute atomic E-state index is 11.4. The number of hydrogen-bond acceptors (Lipinski definition) is 4. The maximum atomic E-state index is 11.4. The molecule has 0 aliphatic rings. The van der Waals surface area contributed by atoms with Crippen molar-refractivity contribution in [2.45, 2.75) is 32.9 Å². The van der Waals surface area contributed by atoms with Gasteiger partial charge in [-0.15, -0.1) is 11.3 Å². The van der Waals surface area contributed by atoms with Crippen molar-refractivity contribution in [2.75, 3.05) is 7.11 Å². The molecule has 0 unspecified atom stereocenters. The number of ether oxygens (including phenoxy) is 1. The third-order valence-electron chi connectivity index (χ3n) is 1.66. The van der Waals surface area contributed by atoms with Crippen LogP contribution in [0.2, 0.25) is 0 Å². The molecule has 1 heterocycles. The summed E-state index contributed by atoms with van der Waals surface area (Å²) in [5.41, 5.74) is 0.810. The normalized spacial score (nSPS) is 10.7. The third kappa shape index (κ3) is 4.40. The predicted octanol–water partition coefficient (Wildman–Crippen LogP) is 1.36. The number of hydrogen-bond donors (Lipinski definition) is 1. The van der Waals surface area contributed by atoms with Gasteiger partial charge in [0.1, 0.15) is 5.01 Å². The lowest BCUT2D eigenvalue weighted by molar-refractivity contribution is -0.120. The van der Waals surface area contributed by atoms with Crippen LogP contribution in [0.5, 0.6) is 0 Å². The molecule has 1 rings (SSSR count). The first-order chi connectivity index (χ1) is 7.11. The minimum absolute atomic E-state index is 0.0132. The van der Waals surface area contributed by atoms with Crippen LogP contribution < -0.4 is 5.32 Å². The molecular formula is C10H16N2O2S. The van der Waals surface area contributed by atoms with Crippen molar-refractivity contribution in [1.29, 1.82) is 0 Å². The summed E-state index contributed by atoms with van der Waals surface area (Å²) in [7, 11) is 1.63. The lowest BCUT2D eigenvalue weighted by atomic mass is 10.3. The summed E-state index contributed by atoms with van der Waals surface area (Å²) in [6.07, 6.45) is 0.346. The van der Waals surface area contributed by atoms with Gasteiger partial charge in [0.15, 0.2) is 0 Å². The summed E-state index contributed by atoms with van der Waals surface area (Å²) in [5, 5.41) is 5.63. The second kappa shape index (κ2) is 5.82. The molecule has 0 aromatic carbocycles. The molecule has 15 heavy (non-hydrogen) atoms. The van der Waals surface area contributed by atoms with E-state index in [-0.39, 0.29) is 11.9 Å². The fourth-order valence-corrected chi connectivity index (χ4v) is 1.92. The van der Waals surface area contributed by atoms with E-state index in [1.54, 1.807) is 7.11 Å². The zero-order valence-corrected chi connectivity index (χ0v) is 10.1. The summed E-state index contributed by atoms with van der Waals surface area (Å²) in [5.74, 6) is 0.0132. The number of carbonyl (C=O) groups excluding carboxylic acids is 1. The van der Waals surface area contributed by atoms with E-state index in [1.807, 2.05) is 19.2 Å². The second-order valence-electron chi connectivity index (χ2n) is 3.56. The second-order valence-corrected chi connectivity index (χ2v) is 4.51. The van der Waals surface area contributed by atoms with E-state index in [9.17, 15) is 4.79 Å². The molecule has 0 aliphatic carbocycles. The maximum Gasteiger partial charge on any atom is 0.226 e. The lowest BCUT2D eigenvalue weighted by Gasteiger charge is -2.06. The highest BCUT2D eigenvalue weighted by molar-refractivity contribution is 7.09. The van der Waals surface area contributed by atoms with Gasteiger partial charge in [-0.3, -0.25) is 4.79 Å². The fourth-order valence-electron chi connectivity index (χ4n) is 1.16. The van der Waals surface area contributed by atoms with Gasteiger partial charge in [0.05, 0.1) is 18.7 Å². The molecule has 1 amide bonds. The number of aromatic nitrogens is 1. The quantitative estimate of drug-likeness (QED) is 0.827. The minimum Gasteiger partial charge on any atom is -0.378 e. The van der Waals surface area contributed by atoms with Gasteiger partial charge in [-0.05, 0) is 13.8 Å². The van der Waals surface area contributed by atoms with Crippen LogP contribution in [-0.4, -0.2) is 24.0 Å². The molecule has 0 aliphatic heterocycles. The molecule has 0 spiro atoms. The van der Waals surface area contributed by atoms with Gasteiger partial charge in [0, 0.05) is 18.5 Å². The molecule has 1 aromatic rings. The van der Waals surface area contributed by atoms with Crippen molar-refractivity contribution in [3.8, 4) is 0 Å². The summed E-state index contributed by atoms with van der Waals surface area (Å²) in [4.78, 5) is 15.7. The number of methoxy groups -OCH3 is 1. The standard InChI is InChI=1S/C10H16N2O2S/c1-7(2)11-9(13)4-8-6-15-10(12-8)5-14-3/h6-7H,4-5H2,1-3H3,(H,11,13). The average molecular weight is 228 g/mol. The summed E-state index contributed by atoms with van der Waals surface area (Å²) >= 11 is 1.52. The molecule has 0 bridgehead atoms. The van der Waals surface area contributed by atoms with Crippen LogP contribution in [0.3, 0.4) is 0 Å². The number of nitrogens with one attached hydrogen (secondary N) is 1. The Morgan fingerprint density at radius 2 is 2.40 bits per heavy atom. The van der Waals surface area contributed by atoms with Gasteiger partial charge in [-0.25, -0.2) is 4.98 Å². The largest absolute Gasteiger partial charge is 0.378 e. The molecule has 0 fully saturated rings. The van der Waals surface area contributed by atoms with Gasteiger partial charge in [-0.2, -0.15) is 0 Å². The van der Waals surface area contributed by atoms with Crippen molar-refractivity contribution in [3.05, 3.63) is 16.1 Å². The van der Waals surface area contributed by atoms with Gasteiger partial charge >= 0.3 is 0 Å². The highest BCUT2D eigenvalue weighted by Crippen LogP contribution is 2.11. The Morgan fingerprint density at radius 1 is 1.67 bits per heavy atom. The highest BCUT2D eigenvalue weighted by Gasteiger charge is 2.08. The van der Waals surface area contributed by atoms with E-state index in [2.05, 4.69) is 10.3 Å². The highest BCUT2D eigenvalue weighted by atomic mass is 32.1. The molecule has 1 N–H and O–H groups in total. The van der Waals surface area contributed by atoms with Crippen molar-refractivity contribution < 1.29 is 9.53 Å². The third-order valence-corrected chi connectivity index (χ3v) is 2.53. The van der Waals surface area contributed by atoms with Crippen LogP contribution in [0.15, 0.2) is 5.38 Å². The molecule has 0 atom stereocenters. The summed E-state index contributed by atoms with van der Waals surface area (Å²) in [6.45, 7) is 4.39. The molecule has 84 valence electrons. The van der Waals surface area contributed by atoms with E-state index < -0.39 is 0 Å². The van der Waals surface area contributed by atoms with Gasteiger partial charge in [0.25, 0.3) is 0 Å². The Balaban J connectivity index is 2.46. The molecular weight excluding hydrogens is 212 g/mol. The number of thiazole rings is 1. The van der Waals surface area contributed by atoms with E-state index in [0.717, 1.165) is 10.7 Å². The zero-order valence-electron chi connectivity index (χ0n) is 9.24. The first-order valence-electron chi connectivity index (χ1n) is 4.83. The topological polar surface area (TPSA) is 51.2 Å². The molecule has 0 saturated heterocycles. The minimum atomic E-state index is 0.0132. The number of nitrogens with zero attached hydrogens (tertiary/aromatic N) is 1. The van der Waals surface area contributed by atoms with E-state index in [0.29, 0.717) is 13.0 Å². The van der Waals surface area contributed by atoms with Crippen LogP contribution >= 0.6 is 11.3 Å². The Kier molecular flexibility index (Phi) is 4.71. The zero-order chi connectivity index (χ0) is 11.3. The van der Waals surface area contributed by atoms with Crippen LogP contribution in [0, 0.1) is 0 Å². The van der Waals surface area contributed by atoms with Gasteiger partial charge in [0.2, 0.25) is 5.91 Å². The van der Waals surface area contributed by atoms with Crippen molar-refractivity contribution in [2.24, 2.45) is 0 Å². The Labute approximate surface area is 93.7 Å². The Bertz CT molecular complexity index is 323. The van der Waals surface area contributed by atoms with Crippen LogP contribution in [0.4, 0.5) is 0 Å². The summed E-state index contributed by atoms with van der Waals surface area (Å²) in [6, 6.07) is 0.176. The van der Waals surface area contributed by atoms with E-state index in [4.69, 9.17) is 4.74 Å². The number of rotatable bonds is 5. The molecule has 1 aromatic heterocycles. The van der Waals surface area contributed by atoms with Gasteiger partial charge in [-0.1, -0.05) is 0 Å². The lowest BCUT2D eigenvalue weighted by Crippen LogP contribution is -2.31. The SMILES string of the molecule is COCc1nc(CC(=O)NC(C)C)cs1. The van der Waals surface area contributed by atoms with E-state index in [1.165, 1.54) is 11.3 Å². The molecule has 4 nitrogen and oxygen atoms in total. The van der Waals surface area contributed by atoms with Crippen LogP contribution in [-0.2, 0) is 22.6 Å². The van der Waals surface area contributed by atoms with Gasteiger partial charge < -0.3 is 10.1 Å². The van der Waals surface area contributed by atoms with Crippen molar-refractivity contribution in [3.63, 3.8) is 0 Å². The monoisotopic (exact) mass is 228 g/mol. The molecule has 0 radical (unpaired) electrons. The fraction of sp³-hybridized carbons (Fsp3) is 0.600. The van der Waals surface area contributed by atoms with Crippen LogP contribution in [0.25, 0.3) is 0 Å². The predicted molar refractivity (Wildman–Crippen MR) is 59.8 cm³/mol. The molecule has 5 heteroatoms. The van der Waals surface area contributed by atoms with Crippen molar-refractivity contribution in [1.82, 2.24) is 10.3 Å². The first-order valence-corrected chi connectivity index (χ1v) is 5.71. The smallest absolute Gasteiger partial charge is 0.226 e. The van der Waals surface area contributed by atoms with Crippen LogP contribution in [0.1, 0.15) is 24.5 Å². The van der Waals surface area contributed by atoms with E-state index >= 15 is 0 Å². The van der Waals surface area contributed by atoms with Crippen molar-refractivity contribution >= 4 is 17.2 Å². The first kappa shape index (κ1) is 12.1. The Morgan fingerprint density at radius 3 is 3.00 bits per heavy atom. The molecule has 0 saturated carbocycles. The average Bonchev–Trinajstić information content (AvgIpc) is 2.51. The number of amides is 1. The Hall–Kier alpha value is -0.940. The summed E-state index contributed by atoms with van der Waals surface area (Å²) < 4.78 is 4.96.